The minimum Gasteiger partial charge on any atom is -0.422 e. The minimum absolute atomic E-state index is 0.672. The first-order valence-corrected chi connectivity index (χ1v) is 6.94. The van der Waals surface area contributed by atoms with Crippen molar-refractivity contribution in [3.63, 3.8) is 0 Å². The van der Waals surface area contributed by atoms with E-state index in [0.29, 0.717) is 5.69 Å². The molecule has 0 saturated heterocycles. The zero-order valence-electron chi connectivity index (χ0n) is 10.5. The molecular formula is C10H18NO4Si2. The van der Waals surface area contributed by atoms with Gasteiger partial charge in [0.1, 0.15) is 0 Å². The molecule has 0 aliphatic carbocycles. The summed E-state index contributed by atoms with van der Waals surface area (Å²) in [6.45, 7) is 0. The van der Waals surface area contributed by atoms with Crippen LogP contribution in [0.1, 0.15) is 0 Å². The van der Waals surface area contributed by atoms with Crippen LogP contribution in [0.4, 0.5) is 5.69 Å². The summed E-state index contributed by atoms with van der Waals surface area (Å²) in [7, 11) is 6.23. The Kier molecular flexibility index (Phi) is 8.05. The second-order valence-corrected chi connectivity index (χ2v) is 6.32. The number of benzene rings is 1. The maximum Gasteiger partial charge on any atom is 0.536 e. The Hall–Kier alpha value is -0.706. The Labute approximate surface area is 107 Å². The maximum absolute atomic E-state index is 5.67. The van der Waals surface area contributed by atoms with E-state index in [1.165, 1.54) is 7.11 Å². The van der Waals surface area contributed by atoms with Crippen molar-refractivity contribution in [1.29, 1.82) is 0 Å². The Morgan fingerprint density at radius 3 is 1.88 bits per heavy atom. The van der Waals surface area contributed by atoms with E-state index in [1.807, 2.05) is 24.3 Å². The highest BCUT2D eigenvalue weighted by Gasteiger charge is 2.40. The molecule has 2 N–H and O–H groups in total. The summed E-state index contributed by atoms with van der Waals surface area (Å²) in [6, 6.07) is 7.36. The highest BCUT2D eigenvalue weighted by atomic mass is 28.4. The van der Waals surface area contributed by atoms with Gasteiger partial charge < -0.3 is 23.4 Å². The molecule has 0 spiro atoms. The standard InChI is InChI=1S/C9H15NO3Si.CH3OSi/c1-11-14(12-2,13-3)9-6-4-5-8(10)7-9;1-2-3/h4-7H,10H2,1-3H3;1H3. The number of hydrogen-bond donors (Lipinski definition) is 1. The zero-order valence-corrected chi connectivity index (χ0v) is 12.5. The lowest BCUT2D eigenvalue weighted by Crippen LogP contribution is -2.54. The number of rotatable bonds is 4. The fourth-order valence-corrected chi connectivity index (χ4v) is 3.18. The normalized spacial score (nSPS) is 10.6. The van der Waals surface area contributed by atoms with Crippen LogP contribution in [-0.2, 0) is 17.7 Å². The van der Waals surface area contributed by atoms with Crippen LogP contribution in [0.2, 0.25) is 0 Å². The van der Waals surface area contributed by atoms with Crippen LogP contribution in [-0.4, -0.2) is 47.7 Å². The van der Waals surface area contributed by atoms with Crippen molar-refractivity contribution in [3.05, 3.63) is 24.3 Å². The van der Waals surface area contributed by atoms with Crippen molar-refractivity contribution in [1.82, 2.24) is 0 Å². The molecule has 3 radical (unpaired) electrons. The van der Waals surface area contributed by atoms with Gasteiger partial charge in [0, 0.05) is 39.3 Å². The van der Waals surface area contributed by atoms with Gasteiger partial charge in [0.2, 0.25) is 10.5 Å². The molecule has 0 saturated carbocycles. The van der Waals surface area contributed by atoms with Crippen molar-refractivity contribution in [2.24, 2.45) is 0 Å². The molecule has 0 aliphatic rings. The zero-order chi connectivity index (χ0) is 13.3. The van der Waals surface area contributed by atoms with Gasteiger partial charge >= 0.3 is 8.80 Å². The van der Waals surface area contributed by atoms with Crippen LogP contribution in [0, 0.1) is 0 Å². The van der Waals surface area contributed by atoms with E-state index in [-0.39, 0.29) is 0 Å². The molecule has 0 aromatic heterocycles. The number of hydrogen-bond acceptors (Lipinski definition) is 5. The maximum atomic E-state index is 5.67. The highest BCUT2D eigenvalue weighted by Crippen LogP contribution is 2.09. The first-order valence-electron chi connectivity index (χ1n) is 4.81. The van der Waals surface area contributed by atoms with E-state index in [2.05, 4.69) is 14.9 Å². The molecule has 0 fully saturated rings. The third-order valence-corrected chi connectivity index (χ3v) is 4.68. The van der Waals surface area contributed by atoms with Crippen LogP contribution < -0.4 is 10.9 Å². The van der Waals surface area contributed by atoms with Crippen LogP contribution >= 0.6 is 0 Å². The van der Waals surface area contributed by atoms with Gasteiger partial charge in [-0.1, -0.05) is 12.1 Å². The Bertz CT molecular complexity index is 313. The number of anilines is 1. The fourth-order valence-electron chi connectivity index (χ4n) is 1.33. The minimum atomic E-state index is -2.70. The third-order valence-electron chi connectivity index (χ3n) is 2.05. The molecule has 0 aliphatic heterocycles. The summed E-state index contributed by atoms with van der Waals surface area (Å²) in [5.74, 6) is 0. The van der Waals surface area contributed by atoms with Gasteiger partial charge in [-0.25, -0.2) is 0 Å². The van der Waals surface area contributed by atoms with Gasteiger partial charge in [-0.05, 0) is 12.1 Å². The van der Waals surface area contributed by atoms with Crippen molar-refractivity contribution in [2.45, 2.75) is 0 Å². The number of nitrogen functional groups attached to an aromatic ring is 1. The van der Waals surface area contributed by atoms with Gasteiger partial charge in [0.25, 0.3) is 0 Å². The molecule has 95 valence electrons. The summed E-state index contributed by atoms with van der Waals surface area (Å²) in [5.41, 5.74) is 6.35. The molecular weight excluding hydrogens is 254 g/mol. The number of nitrogens with two attached hydrogens (primary N) is 1. The van der Waals surface area contributed by atoms with E-state index in [1.54, 1.807) is 21.3 Å². The summed E-state index contributed by atoms with van der Waals surface area (Å²) in [6.07, 6.45) is 0. The molecule has 7 heteroatoms. The average molecular weight is 272 g/mol. The van der Waals surface area contributed by atoms with Crippen LogP contribution in [0.15, 0.2) is 24.3 Å². The predicted octanol–water partition coefficient (Wildman–Crippen LogP) is 0.0702. The summed E-state index contributed by atoms with van der Waals surface area (Å²) < 4.78 is 20.0. The van der Waals surface area contributed by atoms with Crippen molar-refractivity contribution >= 4 is 30.2 Å². The lowest BCUT2D eigenvalue weighted by atomic mass is 10.3. The molecule has 1 aromatic rings. The quantitative estimate of drug-likeness (QED) is 0.621. The summed E-state index contributed by atoms with van der Waals surface area (Å²) >= 11 is 0. The van der Waals surface area contributed by atoms with Gasteiger partial charge in [-0.3, -0.25) is 0 Å². The molecule has 1 aromatic carbocycles. The van der Waals surface area contributed by atoms with Gasteiger partial charge in [0.05, 0.1) is 0 Å². The topological polar surface area (TPSA) is 62.9 Å². The molecule has 17 heavy (non-hydrogen) atoms. The molecule has 0 heterocycles. The fraction of sp³-hybridized carbons (Fsp3) is 0.400. The lowest BCUT2D eigenvalue weighted by molar-refractivity contribution is 0.140. The van der Waals surface area contributed by atoms with Gasteiger partial charge in [-0.2, -0.15) is 0 Å². The smallest absolute Gasteiger partial charge is 0.422 e. The van der Waals surface area contributed by atoms with Crippen molar-refractivity contribution in [2.75, 3.05) is 34.2 Å². The molecule has 1 rings (SSSR count). The van der Waals surface area contributed by atoms with Crippen molar-refractivity contribution in [3.8, 4) is 0 Å². The molecule has 5 nitrogen and oxygen atoms in total. The SMILES string of the molecule is CO[Si].CO[Si](OC)(OC)c1cccc(N)c1. The first kappa shape index (κ1) is 16.3. The lowest BCUT2D eigenvalue weighted by Gasteiger charge is -2.24. The van der Waals surface area contributed by atoms with Crippen molar-refractivity contribution < 1.29 is 17.7 Å². The average Bonchev–Trinajstić information content (AvgIpc) is 2.33. The molecule has 0 atom stereocenters. The highest BCUT2D eigenvalue weighted by molar-refractivity contribution is 6.75. The monoisotopic (exact) mass is 272 g/mol. The van der Waals surface area contributed by atoms with E-state index >= 15 is 0 Å². The Morgan fingerprint density at radius 2 is 1.53 bits per heavy atom. The Morgan fingerprint density at radius 1 is 1.06 bits per heavy atom. The largest absolute Gasteiger partial charge is 0.536 e. The van der Waals surface area contributed by atoms with Gasteiger partial charge in [0.15, 0.2) is 0 Å². The predicted molar refractivity (Wildman–Crippen MR) is 70.0 cm³/mol. The van der Waals surface area contributed by atoms with Crippen LogP contribution in [0.25, 0.3) is 0 Å². The molecule has 0 bridgehead atoms. The van der Waals surface area contributed by atoms with E-state index in [0.717, 1.165) is 5.19 Å². The molecule has 0 unspecified atom stereocenters. The third kappa shape index (κ3) is 4.58. The van der Waals surface area contributed by atoms with E-state index in [4.69, 9.17) is 19.0 Å². The summed E-state index contributed by atoms with van der Waals surface area (Å²) in [4.78, 5) is 0. The summed E-state index contributed by atoms with van der Waals surface area (Å²) in [5, 5.41) is 0.866. The molecule has 0 amide bonds. The second-order valence-electron chi connectivity index (χ2n) is 3.00. The first-order chi connectivity index (χ1) is 8.10. The van der Waals surface area contributed by atoms with Crippen LogP contribution in [0.5, 0.6) is 0 Å². The van der Waals surface area contributed by atoms with Crippen LogP contribution in [0.3, 0.4) is 0 Å². The Balaban J connectivity index is 0.000000770. The van der Waals surface area contributed by atoms with Gasteiger partial charge in [-0.15, -0.1) is 0 Å². The van der Waals surface area contributed by atoms with E-state index in [9.17, 15) is 0 Å². The van der Waals surface area contributed by atoms with E-state index < -0.39 is 8.80 Å². The second kappa shape index (κ2) is 8.39.